The summed E-state index contributed by atoms with van der Waals surface area (Å²) in [6.45, 7) is 0. The topological polar surface area (TPSA) is 9.23 Å². The molecule has 0 spiro atoms. The van der Waals surface area contributed by atoms with E-state index >= 15 is 0 Å². The molecule has 68 valence electrons. The lowest BCUT2D eigenvalue weighted by Gasteiger charge is -1.93. The van der Waals surface area contributed by atoms with Crippen molar-refractivity contribution in [2.75, 3.05) is 7.11 Å². The molecule has 2 rings (SSSR count). The highest BCUT2D eigenvalue weighted by Crippen LogP contribution is 2.40. The summed E-state index contributed by atoms with van der Waals surface area (Å²) in [5, 5.41) is 1.47. The molecule has 4 heteroatoms. The first-order chi connectivity index (χ1) is 6.24. The Labute approximate surface area is 84.6 Å². The average molecular weight is 214 g/mol. The third-order valence-electron chi connectivity index (χ3n) is 1.80. The Balaban J connectivity index is 2.83. The molecule has 13 heavy (non-hydrogen) atoms. The Bertz CT molecular complexity index is 450. The normalized spacial score (nSPS) is 10.7. The van der Waals surface area contributed by atoms with Crippen LogP contribution in [0.1, 0.15) is 0 Å². The van der Waals surface area contributed by atoms with E-state index in [1.807, 2.05) is 6.07 Å². The molecular formula is C9H7FOS2. The number of rotatable bonds is 1. The molecule has 0 amide bonds. The van der Waals surface area contributed by atoms with E-state index in [9.17, 15) is 4.39 Å². The van der Waals surface area contributed by atoms with Crippen molar-refractivity contribution in [2.24, 2.45) is 0 Å². The Hall–Kier alpha value is -0.740. The number of benzene rings is 1. The second kappa shape index (κ2) is 3.20. The second-order valence-electron chi connectivity index (χ2n) is 2.56. The van der Waals surface area contributed by atoms with Crippen molar-refractivity contribution in [3.63, 3.8) is 0 Å². The van der Waals surface area contributed by atoms with Crippen LogP contribution in [0.5, 0.6) is 5.06 Å². The third kappa shape index (κ3) is 1.30. The summed E-state index contributed by atoms with van der Waals surface area (Å²) < 4.78 is 18.9. The number of hydrogen-bond donors (Lipinski definition) is 1. The van der Waals surface area contributed by atoms with Crippen molar-refractivity contribution < 1.29 is 9.13 Å². The van der Waals surface area contributed by atoms with Gasteiger partial charge >= 0.3 is 0 Å². The fourth-order valence-corrected chi connectivity index (χ4v) is 2.60. The highest BCUT2D eigenvalue weighted by Gasteiger charge is 2.11. The average Bonchev–Trinajstić information content (AvgIpc) is 2.45. The Kier molecular flexibility index (Phi) is 2.17. The van der Waals surface area contributed by atoms with Gasteiger partial charge in [0.05, 0.1) is 16.7 Å². The lowest BCUT2D eigenvalue weighted by molar-refractivity contribution is 0.419. The first-order valence-electron chi connectivity index (χ1n) is 3.68. The highest BCUT2D eigenvalue weighted by molar-refractivity contribution is 7.81. The molecule has 0 atom stereocenters. The van der Waals surface area contributed by atoms with Gasteiger partial charge in [0.15, 0.2) is 5.06 Å². The fraction of sp³-hybridized carbons (Fsp3) is 0.111. The fourth-order valence-electron chi connectivity index (χ4n) is 1.19. The quantitative estimate of drug-likeness (QED) is 0.716. The molecule has 1 aromatic carbocycles. The molecule has 0 saturated carbocycles. The maximum Gasteiger partial charge on any atom is 0.188 e. The van der Waals surface area contributed by atoms with Crippen LogP contribution in [0.2, 0.25) is 0 Å². The third-order valence-corrected chi connectivity index (χ3v) is 3.57. The van der Waals surface area contributed by atoms with Crippen LogP contribution >= 0.6 is 24.0 Å². The zero-order valence-corrected chi connectivity index (χ0v) is 8.58. The number of hydrogen-bond acceptors (Lipinski definition) is 3. The summed E-state index contributed by atoms with van der Waals surface area (Å²) in [7, 11) is 1.56. The minimum Gasteiger partial charge on any atom is -0.486 e. The van der Waals surface area contributed by atoms with Crippen molar-refractivity contribution in [1.29, 1.82) is 0 Å². The number of halogens is 1. The maximum atomic E-state index is 13.2. The van der Waals surface area contributed by atoms with Gasteiger partial charge in [-0.15, -0.1) is 12.6 Å². The molecule has 0 bridgehead atoms. The van der Waals surface area contributed by atoms with Gasteiger partial charge in [0.1, 0.15) is 5.82 Å². The van der Waals surface area contributed by atoms with E-state index in [0.717, 1.165) is 5.39 Å². The molecule has 0 N–H and O–H groups in total. The zero-order chi connectivity index (χ0) is 9.42. The predicted octanol–water partition coefficient (Wildman–Crippen LogP) is 3.34. The molecule has 0 aliphatic rings. The van der Waals surface area contributed by atoms with Crippen LogP contribution < -0.4 is 4.74 Å². The maximum absolute atomic E-state index is 13.2. The molecule has 0 aliphatic heterocycles. The molecule has 1 nitrogen and oxygen atoms in total. The van der Waals surface area contributed by atoms with Crippen LogP contribution in [0, 0.1) is 5.82 Å². The monoisotopic (exact) mass is 214 g/mol. The van der Waals surface area contributed by atoms with Crippen LogP contribution in [0.25, 0.3) is 10.1 Å². The lowest BCUT2D eigenvalue weighted by Crippen LogP contribution is -1.76. The molecule has 1 heterocycles. The molecule has 0 unspecified atom stereocenters. The van der Waals surface area contributed by atoms with Crippen molar-refractivity contribution in [2.45, 2.75) is 4.90 Å². The summed E-state index contributed by atoms with van der Waals surface area (Å²) in [5.74, 6) is -0.221. The van der Waals surface area contributed by atoms with Gasteiger partial charge in [-0.05, 0) is 6.07 Å². The van der Waals surface area contributed by atoms with E-state index < -0.39 is 0 Å². The van der Waals surface area contributed by atoms with Crippen LogP contribution in [-0.2, 0) is 0 Å². The van der Waals surface area contributed by atoms with Gasteiger partial charge in [0.2, 0.25) is 0 Å². The first-order valence-corrected chi connectivity index (χ1v) is 4.94. The van der Waals surface area contributed by atoms with Gasteiger partial charge in [-0.3, -0.25) is 0 Å². The molecule has 2 aromatic rings. The summed E-state index contributed by atoms with van der Waals surface area (Å²) in [4.78, 5) is 0.710. The van der Waals surface area contributed by atoms with E-state index in [0.29, 0.717) is 14.7 Å². The van der Waals surface area contributed by atoms with Gasteiger partial charge in [0.25, 0.3) is 0 Å². The van der Waals surface area contributed by atoms with E-state index in [1.165, 1.54) is 17.4 Å². The minimum absolute atomic E-state index is 0.221. The molecule has 0 fully saturated rings. The van der Waals surface area contributed by atoms with Gasteiger partial charge in [-0.1, -0.05) is 23.5 Å². The Morgan fingerprint density at radius 1 is 1.46 bits per heavy atom. The minimum atomic E-state index is -0.221. The number of ether oxygens (including phenoxy) is 1. The van der Waals surface area contributed by atoms with E-state index in [1.54, 1.807) is 13.2 Å². The highest BCUT2D eigenvalue weighted by atomic mass is 32.1. The van der Waals surface area contributed by atoms with Crippen LogP contribution in [-0.4, -0.2) is 7.11 Å². The van der Waals surface area contributed by atoms with Crippen molar-refractivity contribution in [3.05, 3.63) is 24.0 Å². The summed E-state index contributed by atoms with van der Waals surface area (Å²) in [6, 6.07) is 4.94. The summed E-state index contributed by atoms with van der Waals surface area (Å²) in [6.07, 6.45) is 0. The lowest BCUT2D eigenvalue weighted by atomic mass is 10.2. The molecule has 1 aromatic heterocycles. The van der Waals surface area contributed by atoms with Crippen LogP contribution in [0.15, 0.2) is 23.1 Å². The number of thiophene rings is 1. The van der Waals surface area contributed by atoms with E-state index in [4.69, 9.17) is 4.74 Å². The number of thiol groups is 1. The van der Waals surface area contributed by atoms with Crippen molar-refractivity contribution in [1.82, 2.24) is 0 Å². The predicted molar refractivity (Wildman–Crippen MR) is 55.6 cm³/mol. The summed E-state index contributed by atoms with van der Waals surface area (Å²) >= 11 is 5.54. The van der Waals surface area contributed by atoms with Crippen LogP contribution in [0.3, 0.4) is 0 Å². The van der Waals surface area contributed by atoms with Crippen molar-refractivity contribution >= 4 is 34.1 Å². The standard InChI is InChI=1S/C9H7FOS2/c1-11-9-7(12)5-3-2-4-6(10)8(5)13-9/h2-4,12H,1H3. The van der Waals surface area contributed by atoms with E-state index in [2.05, 4.69) is 12.6 Å². The van der Waals surface area contributed by atoms with E-state index in [-0.39, 0.29) is 5.82 Å². The molecule has 0 aliphatic carbocycles. The van der Waals surface area contributed by atoms with Gasteiger partial charge < -0.3 is 4.74 Å². The molecule has 0 saturated heterocycles. The zero-order valence-electron chi connectivity index (χ0n) is 6.87. The van der Waals surface area contributed by atoms with Gasteiger partial charge in [-0.25, -0.2) is 4.39 Å². The SMILES string of the molecule is COc1sc2c(F)cccc2c1S. The molecule has 0 radical (unpaired) electrons. The first kappa shape index (κ1) is 8.84. The number of fused-ring (bicyclic) bond motifs is 1. The smallest absolute Gasteiger partial charge is 0.188 e. The van der Waals surface area contributed by atoms with Crippen LogP contribution in [0.4, 0.5) is 4.39 Å². The Morgan fingerprint density at radius 2 is 2.23 bits per heavy atom. The van der Waals surface area contributed by atoms with Gasteiger partial charge in [-0.2, -0.15) is 0 Å². The summed E-state index contributed by atoms with van der Waals surface area (Å²) in [5.41, 5.74) is 0. The van der Waals surface area contributed by atoms with Gasteiger partial charge in [0, 0.05) is 5.39 Å². The number of methoxy groups -OCH3 is 1. The molecular weight excluding hydrogens is 207 g/mol. The second-order valence-corrected chi connectivity index (χ2v) is 3.99. The Morgan fingerprint density at radius 3 is 2.85 bits per heavy atom. The van der Waals surface area contributed by atoms with Crippen molar-refractivity contribution in [3.8, 4) is 5.06 Å². The largest absolute Gasteiger partial charge is 0.486 e.